The van der Waals surface area contributed by atoms with Crippen LogP contribution in [0.1, 0.15) is 62.1 Å². The maximum absolute atomic E-state index is 7.87. The number of ether oxygens (including phenoxy) is 6. The Morgan fingerprint density at radius 1 is 0.644 bits per heavy atom. The number of rotatable bonds is 21. The minimum Gasteiger partial charge on any atom is -0.386 e. The molecule has 244 valence electrons. The summed E-state index contributed by atoms with van der Waals surface area (Å²) < 4.78 is 38.7. The van der Waals surface area contributed by atoms with E-state index < -0.39 is 30.7 Å². The highest BCUT2D eigenvalue weighted by molar-refractivity contribution is 5.78. The summed E-state index contributed by atoms with van der Waals surface area (Å²) in [7, 11) is 0. The van der Waals surface area contributed by atoms with E-state index in [0.29, 0.717) is 26.4 Å². The molecule has 0 unspecified atom stereocenters. The Bertz CT molecular complexity index is 1200. The number of hydrogen-bond donors (Lipinski definition) is 2. The second-order valence-corrected chi connectivity index (χ2v) is 11.5. The van der Waals surface area contributed by atoms with E-state index in [0.717, 1.165) is 29.5 Å². The van der Waals surface area contributed by atoms with E-state index in [4.69, 9.17) is 39.6 Å². The van der Waals surface area contributed by atoms with E-state index in [1.165, 1.54) is 25.7 Å². The first-order valence-corrected chi connectivity index (χ1v) is 16.3. The molecule has 3 aromatic rings. The van der Waals surface area contributed by atoms with Gasteiger partial charge in [0.2, 0.25) is 0 Å². The Morgan fingerprint density at radius 3 is 1.76 bits per heavy atom. The number of unbranched alkanes of at least 4 members (excludes halogenated alkanes) is 5. The van der Waals surface area contributed by atoms with Gasteiger partial charge in [-0.2, -0.15) is 0 Å². The van der Waals surface area contributed by atoms with E-state index >= 15 is 0 Å². The lowest BCUT2D eigenvalue weighted by Gasteiger charge is -2.45. The summed E-state index contributed by atoms with van der Waals surface area (Å²) in [6.45, 7) is 4.07. The van der Waals surface area contributed by atoms with Gasteiger partial charge in [-0.25, -0.2) is 0 Å². The van der Waals surface area contributed by atoms with Crippen molar-refractivity contribution in [3.63, 3.8) is 0 Å². The number of nitrogens with one attached hydrogen (secondary N) is 1. The van der Waals surface area contributed by atoms with Crippen LogP contribution >= 0.6 is 0 Å². The van der Waals surface area contributed by atoms with E-state index in [2.05, 4.69) is 6.92 Å². The molecular formula is C37H50N2O6. The van der Waals surface area contributed by atoms with Crippen molar-refractivity contribution >= 4 is 5.84 Å². The molecule has 0 bridgehead atoms. The minimum absolute atomic E-state index is 0.0664. The molecule has 1 saturated heterocycles. The smallest absolute Gasteiger partial charge is 0.186 e. The van der Waals surface area contributed by atoms with Crippen LogP contribution in [0.3, 0.4) is 0 Å². The topological polar surface area (TPSA) is 105 Å². The highest BCUT2D eigenvalue weighted by atomic mass is 16.7. The maximum Gasteiger partial charge on any atom is 0.186 e. The summed E-state index contributed by atoms with van der Waals surface area (Å²) in [6.07, 6.45) is 3.90. The minimum atomic E-state index is -0.701. The SMILES string of the molecule is CCCCCCCCO[C@@H]1O[C@H](COCc2ccccc2)[C@@H](OCC(=N)N)[C@H](OCc2ccccc2)[C@H]1OCc1ccccc1. The normalized spacial score (nSPS) is 21.5. The van der Waals surface area contributed by atoms with Gasteiger partial charge in [-0.1, -0.05) is 130 Å². The lowest BCUT2D eigenvalue weighted by atomic mass is 9.98. The average Bonchev–Trinajstić information content (AvgIpc) is 3.07. The van der Waals surface area contributed by atoms with Crippen molar-refractivity contribution < 1.29 is 28.4 Å². The zero-order valence-corrected chi connectivity index (χ0v) is 26.6. The van der Waals surface area contributed by atoms with Crippen LogP contribution in [-0.4, -0.2) is 56.4 Å². The van der Waals surface area contributed by atoms with Crippen LogP contribution < -0.4 is 5.73 Å². The van der Waals surface area contributed by atoms with Crippen molar-refractivity contribution in [1.29, 1.82) is 5.41 Å². The molecule has 1 fully saturated rings. The Hall–Kier alpha value is -3.11. The molecule has 1 aliphatic rings. The fraction of sp³-hybridized carbons (Fsp3) is 0.486. The summed E-state index contributed by atoms with van der Waals surface area (Å²) >= 11 is 0. The van der Waals surface area contributed by atoms with Crippen LogP contribution in [0, 0.1) is 5.41 Å². The lowest BCUT2D eigenvalue weighted by Crippen LogP contribution is -2.62. The fourth-order valence-corrected chi connectivity index (χ4v) is 5.38. The van der Waals surface area contributed by atoms with Crippen LogP contribution in [0.4, 0.5) is 0 Å². The first kappa shape index (κ1) is 34.8. The molecular weight excluding hydrogens is 568 g/mol. The second-order valence-electron chi connectivity index (χ2n) is 11.5. The van der Waals surface area contributed by atoms with Gasteiger partial charge in [0.1, 0.15) is 36.9 Å². The predicted octanol–water partition coefficient (Wildman–Crippen LogP) is 6.80. The van der Waals surface area contributed by atoms with Crippen molar-refractivity contribution in [3.8, 4) is 0 Å². The first-order valence-electron chi connectivity index (χ1n) is 16.3. The van der Waals surface area contributed by atoms with Crippen LogP contribution in [0.2, 0.25) is 0 Å². The Labute approximate surface area is 268 Å². The van der Waals surface area contributed by atoms with Crippen molar-refractivity contribution in [2.75, 3.05) is 19.8 Å². The third-order valence-electron chi connectivity index (χ3n) is 7.77. The van der Waals surface area contributed by atoms with Gasteiger partial charge in [-0.15, -0.1) is 0 Å². The molecule has 8 nitrogen and oxygen atoms in total. The summed E-state index contributed by atoms with van der Waals surface area (Å²) in [5.41, 5.74) is 8.87. The molecule has 3 N–H and O–H groups in total. The van der Waals surface area contributed by atoms with Crippen LogP contribution in [0.25, 0.3) is 0 Å². The number of nitrogens with two attached hydrogens (primary N) is 1. The third kappa shape index (κ3) is 12.3. The van der Waals surface area contributed by atoms with E-state index in [9.17, 15) is 0 Å². The van der Waals surface area contributed by atoms with Crippen molar-refractivity contribution in [2.45, 2.75) is 96.0 Å². The van der Waals surface area contributed by atoms with Gasteiger partial charge in [-0.05, 0) is 23.1 Å². The zero-order valence-electron chi connectivity index (χ0n) is 26.6. The number of benzene rings is 3. The molecule has 5 atom stereocenters. The van der Waals surface area contributed by atoms with Crippen molar-refractivity contribution in [3.05, 3.63) is 108 Å². The highest BCUT2D eigenvalue weighted by Crippen LogP contribution is 2.31. The molecule has 0 radical (unpaired) electrons. The maximum atomic E-state index is 7.87. The molecule has 0 aliphatic carbocycles. The molecule has 0 aromatic heterocycles. The molecule has 0 spiro atoms. The standard InChI is InChI=1S/C37H50N2O6/c1-2-3-4-5-6-16-23-41-37-36(43-26-31-21-14-9-15-22-31)35(42-25-30-19-12-8-13-20-30)34(44-28-33(38)39)32(45-37)27-40-24-29-17-10-7-11-18-29/h7-15,17-22,32,34-37H,2-6,16,23-28H2,1H3,(H3,38,39)/t32-,34-,35+,36-,37-/m1/s1. The zero-order chi connectivity index (χ0) is 31.5. The highest BCUT2D eigenvalue weighted by Gasteiger charge is 2.49. The van der Waals surface area contributed by atoms with Gasteiger partial charge in [-0.3, -0.25) is 5.41 Å². The first-order chi connectivity index (χ1) is 22.1. The summed E-state index contributed by atoms with van der Waals surface area (Å²) in [5, 5.41) is 7.87. The number of hydrogen-bond acceptors (Lipinski definition) is 7. The van der Waals surface area contributed by atoms with Gasteiger partial charge in [0, 0.05) is 6.61 Å². The Balaban J connectivity index is 1.55. The van der Waals surface area contributed by atoms with Crippen LogP contribution in [0.5, 0.6) is 0 Å². The van der Waals surface area contributed by atoms with Gasteiger partial charge in [0.05, 0.1) is 26.4 Å². The largest absolute Gasteiger partial charge is 0.386 e. The number of amidine groups is 1. The van der Waals surface area contributed by atoms with Gasteiger partial charge in [0.25, 0.3) is 0 Å². The lowest BCUT2D eigenvalue weighted by molar-refractivity contribution is -0.325. The third-order valence-corrected chi connectivity index (χ3v) is 7.77. The molecule has 3 aromatic carbocycles. The molecule has 8 heteroatoms. The summed E-state index contributed by atoms with van der Waals surface area (Å²) in [5.74, 6) is -0.0797. The Kier molecular flexibility index (Phi) is 15.5. The molecule has 4 rings (SSSR count). The van der Waals surface area contributed by atoms with Gasteiger partial charge < -0.3 is 34.2 Å². The van der Waals surface area contributed by atoms with Gasteiger partial charge in [0.15, 0.2) is 6.29 Å². The average molecular weight is 619 g/mol. The summed E-state index contributed by atoms with van der Waals surface area (Å²) in [4.78, 5) is 0. The van der Waals surface area contributed by atoms with Gasteiger partial charge >= 0.3 is 0 Å². The van der Waals surface area contributed by atoms with Crippen molar-refractivity contribution in [1.82, 2.24) is 0 Å². The van der Waals surface area contributed by atoms with Crippen molar-refractivity contribution in [2.24, 2.45) is 5.73 Å². The van der Waals surface area contributed by atoms with E-state index in [-0.39, 0.29) is 19.0 Å². The van der Waals surface area contributed by atoms with Crippen LogP contribution in [-0.2, 0) is 48.2 Å². The molecule has 0 amide bonds. The molecule has 1 heterocycles. The second kappa shape index (κ2) is 20.1. The summed E-state index contributed by atoms with van der Waals surface area (Å²) in [6, 6.07) is 30.0. The Morgan fingerprint density at radius 2 is 1.18 bits per heavy atom. The predicted molar refractivity (Wildman–Crippen MR) is 176 cm³/mol. The molecule has 1 aliphatic heterocycles. The fourth-order valence-electron chi connectivity index (χ4n) is 5.38. The van der Waals surface area contributed by atoms with Crippen LogP contribution in [0.15, 0.2) is 91.0 Å². The molecule has 0 saturated carbocycles. The van der Waals surface area contributed by atoms with E-state index in [1.54, 1.807) is 0 Å². The quantitative estimate of drug-likeness (QED) is 0.0769. The van der Waals surface area contributed by atoms with E-state index in [1.807, 2.05) is 91.0 Å². The monoisotopic (exact) mass is 618 g/mol. The molecule has 45 heavy (non-hydrogen) atoms.